The van der Waals surface area contributed by atoms with Crippen LogP contribution in [0.15, 0.2) is 54.7 Å². The van der Waals surface area contributed by atoms with Crippen molar-refractivity contribution in [3.63, 3.8) is 0 Å². The quantitative estimate of drug-likeness (QED) is 0.606. The van der Waals surface area contributed by atoms with E-state index in [1.54, 1.807) is 0 Å². The van der Waals surface area contributed by atoms with Crippen molar-refractivity contribution >= 4 is 5.69 Å². The summed E-state index contributed by atoms with van der Waals surface area (Å²) in [5.41, 5.74) is 8.28. The van der Waals surface area contributed by atoms with Crippen molar-refractivity contribution in [3.05, 3.63) is 88.5 Å². The fraction of sp³-hybridized carbons (Fsp3) is 0.385. The SMILES string of the molecule is CCc1ncc2c(n1)CN(c1ccc(C3(c4ccc(C)cc4)CCC3)cc1)CC2. The highest BCUT2D eigenvalue weighted by atomic mass is 15.1. The molecule has 148 valence electrons. The standard InChI is InChI=1S/C26H29N3/c1-3-25-27-17-20-13-16-29(18-24(20)28-25)23-11-9-22(10-12-23)26(14-4-15-26)21-7-5-19(2)6-8-21/h5-12,17H,3-4,13-16,18H2,1-2H3. The van der Waals surface area contributed by atoms with Gasteiger partial charge < -0.3 is 4.90 Å². The van der Waals surface area contributed by atoms with Gasteiger partial charge in [0.25, 0.3) is 0 Å². The van der Waals surface area contributed by atoms with Crippen LogP contribution in [0.25, 0.3) is 0 Å². The van der Waals surface area contributed by atoms with Gasteiger partial charge in [0.2, 0.25) is 0 Å². The number of hydrogen-bond donors (Lipinski definition) is 0. The molecule has 29 heavy (non-hydrogen) atoms. The highest BCUT2D eigenvalue weighted by Crippen LogP contribution is 2.49. The maximum atomic E-state index is 4.78. The number of anilines is 1. The monoisotopic (exact) mass is 383 g/mol. The molecule has 0 atom stereocenters. The number of aromatic nitrogens is 2. The maximum Gasteiger partial charge on any atom is 0.128 e. The molecule has 2 aliphatic rings. The number of fused-ring (bicyclic) bond motifs is 1. The molecule has 2 heterocycles. The summed E-state index contributed by atoms with van der Waals surface area (Å²) in [4.78, 5) is 11.7. The molecule has 0 amide bonds. The summed E-state index contributed by atoms with van der Waals surface area (Å²) < 4.78 is 0. The van der Waals surface area contributed by atoms with Crippen molar-refractivity contribution in [3.8, 4) is 0 Å². The predicted octanol–water partition coefficient (Wildman–Crippen LogP) is 5.38. The van der Waals surface area contributed by atoms with E-state index in [4.69, 9.17) is 4.98 Å². The van der Waals surface area contributed by atoms with Crippen LogP contribution in [0.4, 0.5) is 5.69 Å². The van der Waals surface area contributed by atoms with Gasteiger partial charge in [0.1, 0.15) is 5.82 Å². The van der Waals surface area contributed by atoms with Gasteiger partial charge in [-0.25, -0.2) is 9.97 Å². The Morgan fingerprint density at radius 1 is 0.966 bits per heavy atom. The first-order valence-corrected chi connectivity index (χ1v) is 10.9. The first-order valence-electron chi connectivity index (χ1n) is 10.9. The molecule has 0 saturated heterocycles. The zero-order valence-corrected chi connectivity index (χ0v) is 17.5. The van der Waals surface area contributed by atoms with E-state index in [0.29, 0.717) is 0 Å². The van der Waals surface area contributed by atoms with Gasteiger partial charge in [-0.1, -0.05) is 55.3 Å². The van der Waals surface area contributed by atoms with Crippen molar-refractivity contribution in [2.75, 3.05) is 11.4 Å². The van der Waals surface area contributed by atoms with Crippen LogP contribution in [-0.4, -0.2) is 16.5 Å². The third kappa shape index (κ3) is 3.23. The molecule has 1 aliphatic heterocycles. The van der Waals surface area contributed by atoms with E-state index in [1.165, 1.54) is 52.9 Å². The lowest BCUT2D eigenvalue weighted by atomic mass is 9.60. The molecule has 1 fully saturated rings. The van der Waals surface area contributed by atoms with Crippen molar-refractivity contribution in [1.29, 1.82) is 0 Å². The summed E-state index contributed by atoms with van der Waals surface area (Å²) in [5, 5.41) is 0. The molecule has 2 aromatic carbocycles. The smallest absolute Gasteiger partial charge is 0.128 e. The Morgan fingerprint density at radius 3 is 2.28 bits per heavy atom. The van der Waals surface area contributed by atoms with Gasteiger partial charge in [0.05, 0.1) is 12.2 Å². The van der Waals surface area contributed by atoms with Crippen LogP contribution in [-0.2, 0) is 24.8 Å². The van der Waals surface area contributed by atoms with E-state index in [0.717, 1.165) is 31.8 Å². The van der Waals surface area contributed by atoms with E-state index in [2.05, 4.69) is 72.3 Å². The lowest BCUT2D eigenvalue weighted by Crippen LogP contribution is -2.35. The number of nitrogens with zero attached hydrogens (tertiary/aromatic N) is 3. The minimum Gasteiger partial charge on any atom is -0.365 e. The van der Waals surface area contributed by atoms with Crippen LogP contribution in [0, 0.1) is 6.92 Å². The second kappa shape index (κ2) is 7.29. The second-order valence-electron chi connectivity index (χ2n) is 8.63. The summed E-state index contributed by atoms with van der Waals surface area (Å²) in [6.07, 6.45) is 7.77. The van der Waals surface area contributed by atoms with Crippen LogP contribution >= 0.6 is 0 Å². The average molecular weight is 384 g/mol. The number of hydrogen-bond acceptors (Lipinski definition) is 3. The molecule has 1 aliphatic carbocycles. The van der Waals surface area contributed by atoms with E-state index in [9.17, 15) is 0 Å². The largest absolute Gasteiger partial charge is 0.365 e. The number of benzene rings is 2. The van der Waals surface area contributed by atoms with Gasteiger partial charge in [-0.15, -0.1) is 0 Å². The molecule has 0 bridgehead atoms. The molecule has 1 aromatic heterocycles. The molecule has 0 unspecified atom stereocenters. The Kier molecular flexibility index (Phi) is 4.61. The number of rotatable bonds is 4. The van der Waals surface area contributed by atoms with E-state index in [-0.39, 0.29) is 5.41 Å². The van der Waals surface area contributed by atoms with E-state index >= 15 is 0 Å². The minimum absolute atomic E-state index is 0.212. The van der Waals surface area contributed by atoms with Crippen molar-refractivity contribution in [1.82, 2.24) is 9.97 Å². The third-order valence-electron chi connectivity index (χ3n) is 6.91. The summed E-state index contributed by atoms with van der Waals surface area (Å²) >= 11 is 0. The van der Waals surface area contributed by atoms with Gasteiger partial charge in [-0.05, 0) is 55.0 Å². The lowest BCUT2D eigenvalue weighted by molar-refractivity contribution is 0.301. The van der Waals surface area contributed by atoms with Gasteiger partial charge in [0.15, 0.2) is 0 Å². The summed E-state index contributed by atoms with van der Waals surface area (Å²) in [5.74, 6) is 0.950. The first kappa shape index (κ1) is 18.4. The van der Waals surface area contributed by atoms with E-state index in [1.807, 2.05) is 6.20 Å². The Balaban J connectivity index is 1.39. The summed E-state index contributed by atoms with van der Waals surface area (Å²) in [7, 11) is 0. The van der Waals surface area contributed by atoms with E-state index < -0.39 is 0 Å². The molecule has 3 nitrogen and oxygen atoms in total. The fourth-order valence-electron chi connectivity index (χ4n) is 4.87. The first-order chi connectivity index (χ1) is 14.2. The second-order valence-corrected chi connectivity index (χ2v) is 8.63. The van der Waals surface area contributed by atoms with Crippen molar-refractivity contribution < 1.29 is 0 Å². The van der Waals surface area contributed by atoms with Crippen molar-refractivity contribution in [2.45, 2.75) is 57.9 Å². The zero-order valence-electron chi connectivity index (χ0n) is 17.5. The van der Waals surface area contributed by atoms with Crippen LogP contribution < -0.4 is 4.90 Å². The molecule has 0 radical (unpaired) electrons. The minimum atomic E-state index is 0.212. The van der Waals surface area contributed by atoms with Crippen LogP contribution in [0.1, 0.15) is 60.0 Å². The van der Waals surface area contributed by atoms with Crippen LogP contribution in [0.5, 0.6) is 0 Å². The molecule has 5 rings (SSSR count). The molecule has 0 spiro atoms. The molecule has 3 aromatic rings. The summed E-state index contributed by atoms with van der Waals surface area (Å²) in [6.45, 7) is 6.19. The fourth-order valence-corrected chi connectivity index (χ4v) is 4.87. The molecule has 3 heteroatoms. The van der Waals surface area contributed by atoms with Crippen molar-refractivity contribution in [2.24, 2.45) is 0 Å². The zero-order chi connectivity index (χ0) is 19.8. The molecule has 0 N–H and O–H groups in total. The van der Waals surface area contributed by atoms with Gasteiger partial charge in [-0.3, -0.25) is 0 Å². The van der Waals surface area contributed by atoms with Crippen LogP contribution in [0.2, 0.25) is 0 Å². The highest BCUT2D eigenvalue weighted by molar-refractivity contribution is 5.53. The third-order valence-corrected chi connectivity index (χ3v) is 6.91. The Bertz CT molecular complexity index is 1000. The topological polar surface area (TPSA) is 29.0 Å². The van der Waals surface area contributed by atoms with Crippen LogP contribution in [0.3, 0.4) is 0 Å². The van der Waals surface area contributed by atoms with Gasteiger partial charge >= 0.3 is 0 Å². The highest BCUT2D eigenvalue weighted by Gasteiger charge is 2.40. The Labute approximate surface area is 173 Å². The maximum absolute atomic E-state index is 4.78. The normalized spacial score (nSPS) is 17.5. The lowest BCUT2D eigenvalue weighted by Gasteiger charge is -2.43. The summed E-state index contributed by atoms with van der Waals surface area (Å²) in [6, 6.07) is 18.5. The molecular formula is C26H29N3. The molecule has 1 saturated carbocycles. The van der Waals surface area contributed by atoms with Gasteiger partial charge in [-0.2, -0.15) is 0 Å². The van der Waals surface area contributed by atoms with Gasteiger partial charge in [0, 0.05) is 30.3 Å². The Morgan fingerprint density at radius 2 is 1.66 bits per heavy atom. The molecular weight excluding hydrogens is 354 g/mol. The predicted molar refractivity (Wildman–Crippen MR) is 118 cm³/mol. The number of aryl methyl sites for hydroxylation is 2. The Hall–Kier alpha value is -2.68. The average Bonchev–Trinajstić information content (AvgIpc) is 2.74.